The molecule has 0 saturated carbocycles. The Morgan fingerprint density at radius 1 is 1.42 bits per heavy atom. The van der Waals surface area contributed by atoms with E-state index in [4.69, 9.17) is 0 Å². The summed E-state index contributed by atoms with van der Waals surface area (Å²) in [6.45, 7) is 5.97. The molecule has 0 aromatic carbocycles. The van der Waals surface area contributed by atoms with E-state index >= 15 is 0 Å². The summed E-state index contributed by atoms with van der Waals surface area (Å²) < 4.78 is 1.73. The van der Waals surface area contributed by atoms with E-state index in [9.17, 15) is 4.79 Å². The molecule has 1 saturated heterocycles. The van der Waals surface area contributed by atoms with Gasteiger partial charge in [-0.2, -0.15) is 0 Å². The van der Waals surface area contributed by atoms with Gasteiger partial charge < -0.3 is 14.8 Å². The Bertz CT molecular complexity index is 449. The number of aryl methyl sites for hydroxylation is 1. The lowest BCUT2D eigenvalue weighted by Crippen LogP contribution is -2.34. The average Bonchev–Trinajstić information content (AvgIpc) is 2.42. The summed E-state index contributed by atoms with van der Waals surface area (Å²) in [5.74, 6) is 1.15. The fourth-order valence-electron chi connectivity index (χ4n) is 2.49. The predicted octanol–water partition coefficient (Wildman–Crippen LogP) is 1.41. The van der Waals surface area contributed by atoms with Crippen molar-refractivity contribution >= 4 is 5.82 Å². The van der Waals surface area contributed by atoms with Gasteiger partial charge in [0, 0.05) is 25.5 Å². The van der Waals surface area contributed by atoms with E-state index in [2.05, 4.69) is 29.2 Å². The molecular weight excluding hydrogens is 240 g/mol. The van der Waals surface area contributed by atoms with Gasteiger partial charge in [0.1, 0.15) is 0 Å². The van der Waals surface area contributed by atoms with E-state index < -0.39 is 0 Å². The molecule has 0 aliphatic carbocycles. The summed E-state index contributed by atoms with van der Waals surface area (Å²) in [7, 11) is 2.16. The van der Waals surface area contributed by atoms with Crippen LogP contribution >= 0.6 is 0 Å². The lowest BCUT2D eigenvalue weighted by molar-refractivity contribution is 0.226. The number of hydrogen-bond donors (Lipinski definition) is 1. The fourth-order valence-corrected chi connectivity index (χ4v) is 2.49. The molecular formula is C14H24N4O. The Morgan fingerprint density at radius 2 is 2.16 bits per heavy atom. The van der Waals surface area contributed by atoms with Crippen molar-refractivity contribution in [1.82, 2.24) is 14.5 Å². The Morgan fingerprint density at radius 3 is 2.84 bits per heavy atom. The lowest BCUT2D eigenvalue weighted by atomic mass is 9.97. The van der Waals surface area contributed by atoms with Crippen LogP contribution in [0, 0.1) is 5.92 Å². The zero-order chi connectivity index (χ0) is 13.7. The number of aromatic nitrogens is 2. The van der Waals surface area contributed by atoms with Crippen LogP contribution in [0.5, 0.6) is 0 Å². The van der Waals surface area contributed by atoms with Crippen LogP contribution in [-0.2, 0) is 6.54 Å². The van der Waals surface area contributed by atoms with E-state index in [-0.39, 0.29) is 5.56 Å². The van der Waals surface area contributed by atoms with E-state index in [1.165, 1.54) is 12.8 Å². The second-order valence-electron chi connectivity index (χ2n) is 5.40. The van der Waals surface area contributed by atoms with E-state index in [0.717, 1.165) is 32.6 Å². The first-order valence-corrected chi connectivity index (χ1v) is 7.18. The molecule has 106 valence electrons. The Balaban J connectivity index is 1.92. The van der Waals surface area contributed by atoms with Crippen molar-refractivity contribution in [2.45, 2.75) is 32.7 Å². The number of rotatable bonds is 5. The van der Waals surface area contributed by atoms with E-state index in [1.807, 2.05) is 0 Å². The van der Waals surface area contributed by atoms with Crippen LogP contribution in [0.4, 0.5) is 5.82 Å². The molecule has 0 spiro atoms. The van der Waals surface area contributed by atoms with Crippen molar-refractivity contribution in [2.75, 3.05) is 32.0 Å². The van der Waals surface area contributed by atoms with Gasteiger partial charge in [0.25, 0.3) is 5.56 Å². The molecule has 1 aliphatic rings. The van der Waals surface area contributed by atoms with Crippen LogP contribution in [0.15, 0.2) is 17.2 Å². The highest BCUT2D eigenvalue weighted by Crippen LogP contribution is 2.15. The van der Waals surface area contributed by atoms with Crippen molar-refractivity contribution < 1.29 is 0 Å². The number of nitrogens with one attached hydrogen (secondary N) is 1. The number of nitrogens with zero attached hydrogens (tertiary/aromatic N) is 3. The molecule has 1 N–H and O–H groups in total. The minimum Gasteiger partial charge on any atom is -0.365 e. The third kappa shape index (κ3) is 3.80. The van der Waals surface area contributed by atoms with Gasteiger partial charge in [-0.1, -0.05) is 6.92 Å². The molecule has 2 heterocycles. The summed E-state index contributed by atoms with van der Waals surface area (Å²) >= 11 is 0. The predicted molar refractivity (Wildman–Crippen MR) is 77.5 cm³/mol. The molecule has 1 aromatic rings. The molecule has 0 radical (unpaired) electrons. The van der Waals surface area contributed by atoms with Crippen LogP contribution in [0.3, 0.4) is 0 Å². The third-order valence-corrected chi connectivity index (χ3v) is 3.77. The van der Waals surface area contributed by atoms with Crippen LogP contribution in [0.25, 0.3) is 0 Å². The summed E-state index contributed by atoms with van der Waals surface area (Å²) in [5, 5.41) is 3.23. The van der Waals surface area contributed by atoms with Crippen LogP contribution < -0.4 is 10.9 Å². The van der Waals surface area contributed by atoms with E-state index in [1.54, 1.807) is 17.0 Å². The molecule has 0 unspecified atom stereocenters. The summed E-state index contributed by atoms with van der Waals surface area (Å²) in [6.07, 6.45) is 6.80. The first-order chi connectivity index (χ1) is 9.20. The van der Waals surface area contributed by atoms with Crippen molar-refractivity contribution in [3.05, 3.63) is 22.7 Å². The number of likely N-dealkylation sites (tertiary alicyclic amines) is 1. The van der Waals surface area contributed by atoms with Gasteiger partial charge in [0.15, 0.2) is 5.82 Å². The quantitative estimate of drug-likeness (QED) is 0.873. The van der Waals surface area contributed by atoms with Gasteiger partial charge >= 0.3 is 0 Å². The second kappa shape index (κ2) is 6.70. The standard InChI is InChI=1S/C14H24N4O/c1-3-7-18-10-6-15-13(14(18)19)16-11-12-4-8-17(2)9-5-12/h6,10,12H,3-5,7-9,11H2,1-2H3,(H,15,16). The maximum atomic E-state index is 12.1. The first-order valence-electron chi connectivity index (χ1n) is 7.18. The number of hydrogen-bond acceptors (Lipinski definition) is 4. The van der Waals surface area contributed by atoms with Crippen LogP contribution in [0.1, 0.15) is 26.2 Å². The topological polar surface area (TPSA) is 50.2 Å². The summed E-state index contributed by atoms with van der Waals surface area (Å²) in [5.41, 5.74) is -0.00252. The minimum atomic E-state index is -0.00252. The van der Waals surface area contributed by atoms with Crippen molar-refractivity contribution in [1.29, 1.82) is 0 Å². The van der Waals surface area contributed by atoms with Crippen molar-refractivity contribution in [3.63, 3.8) is 0 Å². The summed E-state index contributed by atoms with van der Waals surface area (Å²) in [6, 6.07) is 0. The van der Waals surface area contributed by atoms with Gasteiger partial charge in [0.2, 0.25) is 0 Å². The van der Waals surface area contributed by atoms with Crippen LogP contribution in [-0.4, -0.2) is 41.1 Å². The Labute approximate surface area is 114 Å². The van der Waals surface area contributed by atoms with Gasteiger partial charge in [-0.05, 0) is 45.3 Å². The molecule has 0 bridgehead atoms. The monoisotopic (exact) mass is 264 g/mol. The molecule has 1 aromatic heterocycles. The highest BCUT2D eigenvalue weighted by Gasteiger charge is 2.17. The van der Waals surface area contributed by atoms with Crippen LogP contribution in [0.2, 0.25) is 0 Å². The first kappa shape index (κ1) is 14.1. The summed E-state index contributed by atoms with van der Waals surface area (Å²) in [4.78, 5) is 18.6. The van der Waals surface area contributed by atoms with Crippen molar-refractivity contribution in [2.24, 2.45) is 5.92 Å². The minimum absolute atomic E-state index is 0.00252. The Hall–Kier alpha value is -1.36. The molecule has 5 nitrogen and oxygen atoms in total. The zero-order valence-electron chi connectivity index (χ0n) is 11.9. The second-order valence-corrected chi connectivity index (χ2v) is 5.40. The normalized spacial score (nSPS) is 17.6. The highest BCUT2D eigenvalue weighted by atomic mass is 16.1. The largest absolute Gasteiger partial charge is 0.365 e. The molecule has 2 rings (SSSR count). The van der Waals surface area contributed by atoms with Crippen molar-refractivity contribution in [3.8, 4) is 0 Å². The maximum Gasteiger partial charge on any atom is 0.293 e. The lowest BCUT2D eigenvalue weighted by Gasteiger charge is -2.29. The SMILES string of the molecule is CCCn1ccnc(NCC2CCN(C)CC2)c1=O. The molecule has 1 aliphatic heterocycles. The molecule has 19 heavy (non-hydrogen) atoms. The Kier molecular flexibility index (Phi) is 4.96. The van der Waals surface area contributed by atoms with Gasteiger partial charge in [-0.3, -0.25) is 4.79 Å². The highest BCUT2D eigenvalue weighted by molar-refractivity contribution is 5.30. The molecule has 0 amide bonds. The number of piperidine rings is 1. The third-order valence-electron chi connectivity index (χ3n) is 3.77. The van der Waals surface area contributed by atoms with Gasteiger partial charge in [-0.15, -0.1) is 0 Å². The maximum absolute atomic E-state index is 12.1. The number of anilines is 1. The average molecular weight is 264 g/mol. The van der Waals surface area contributed by atoms with Gasteiger partial charge in [0.05, 0.1) is 0 Å². The fraction of sp³-hybridized carbons (Fsp3) is 0.714. The molecule has 1 fully saturated rings. The molecule has 0 atom stereocenters. The smallest absolute Gasteiger partial charge is 0.293 e. The van der Waals surface area contributed by atoms with Gasteiger partial charge in [-0.25, -0.2) is 4.98 Å². The van der Waals surface area contributed by atoms with E-state index in [0.29, 0.717) is 11.7 Å². The zero-order valence-corrected chi connectivity index (χ0v) is 11.9. The molecule has 5 heteroatoms.